The third kappa shape index (κ3) is 3.41. The minimum Gasteiger partial charge on any atom is -0.347 e. The van der Waals surface area contributed by atoms with Crippen molar-refractivity contribution in [1.29, 1.82) is 0 Å². The molecule has 1 N–H and O–H groups in total. The van der Waals surface area contributed by atoms with Gasteiger partial charge in [-0.25, -0.2) is 4.98 Å². The van der Waals surface area contributed by atoms with E-state index in [-0.39, 0.29) is 5.91 Å². The number of aryl methyl sites for hydroxylation is 1. The Bertz CT molecular complexity index is 828. The number of thiophene rings is 1. The fourth-order valence-electron chi connectivity index (χ4n) is 2.53. The van der Waals surface area contributed by atoms with Crippen molar-refractivity contribution in [3.8, 4) is 0 Å². The Kier molecular flexibility index (Phi) is 4.98. The smallest absolute Gasteiger partial charge is 0.254 e. The molecule has 0 aliphatic heterocycles. The monoisotopic (exact) mass is 342 g/mol. The van der Waals surface area contributed by atoms with Gasteiger partial charge < -0.3 is 5.32 Å². The number of thioether (sulfide) groups is 1. The molecule has 0 saturated heterocycles. The van der Waals surface area contributed by atoms with Crippen LogP contribution in [0.25, 0.3) is 10.9 Å². The number of fused-ring (bicyclic) bond motifs is 1. The summed E-state index contributed by atoms with van der Waals surface area (Å²) in [5.74, 6) is 0.834. The van der Waals surface area contributed by atoms with Crippen molar-refractivity contribution >= 4 is 39.9 Å². The van der Waals surface area contributed by atoms with E-state index in [0.717, 1.165) is 32.1 Å². The Labute approximate surface area is 144 Å². The van der Waals surface area contributed by atoms with Crippen LogP contribution < -0.4 is 5.32 Å². The van der Waals surface area contributed by atoms with Gasteiger partial charge >= 0.3 is 0 Å². The lowest BCUT2D eigenvalue weighted by Gasteiger charge is -2.13. The van der Waals surface area contributed by atoms with Crippen LogP contribution >= 0.6 is 23.1 Å². The van der Waals surface area contributed by atoms with Crippen LogP contribution in [0.4, 0.5) is 0 Å². The first-order valence-electron chi connectivity index (χ1n) is 7.53. The van der Waals surface area contributed by atoms with Crippen LogP contribution in [0, 0.1) is 6.92 Å². The van der Waals surface area contributed by atoms with Crippen molar-refractivity contribution < 1.29 is 4.79 Å². The number of hydrogen-bond donors (Lipinski definition) is 1. The number of nitrogens with one attached hydrogen (secondary N) is 1. The molecule has 0 radical (unpaired) electrons. The van der Waals surface area contributed by atoms with E-state index in [0.29, 0.717) is 12.1 Å². The first-order valence-corrected chi connectivity index (χ1v) is 9.40. The third-order valence-corrected chi connectivity index (χ3v) is 5.36. The molecule has 3 nitrogen and oxygen atoms in total. The largest absolute Gasteiger partial charge is 0.347 e. The zero-order valence-corrected chi connectivity index (χ0v) is 14.8. The van der Waals surface area contributed by atoms with Gasteiger partial charge in [-0.3, -0.25) is 4.79 Å². The summed E-state index contributed by atoms with van der Waals surface area (Å²) in [6.07, 6.45) is 0. The van der Waals surface area contributed by atoms with Crippen molar-refractivity contribution in [1.82, 2.24) is 10.3 Å². The number of amides is 1. The minimum atomic E-state index is -0.0508. The van der Waals surface area contributed by atoms with Crippen LogP contribution in [0.1, 0.15) is 27.7 Å². The Morgan fingerprint density at radius 2 is 2.09 bits per heavy atom. The average molecular weight is 342 g/mol. The average Bonchev–Trinajstić information content (AvgIpc) is 3.07. The van der Waals surface area contributed by atoms with Crippen LogP contribution in [0.3, 0.4) is 0 Å². The highest BCUT2D eigenvalue weighted by molar-refractivity contribution is 7.99. The first kappa shape index (κ1) is 16.0. The van der Waals surface area contributed by atoms with Gasteiger partial charge in [-0.2, -0.15) is 0 Å². The van der Waals surface area contributed by atoms with Crippen molar-refractivity contribution in [3.63, 3.8) is 0 Å². The summed E-state index contributed by atoms with van der Waals surface area (Å²) in [6.45, 7) is 4.63. The van der Waals surface area contributed by atoms with Crippen LogP contribution in [-0.4, -0.2) is 16.6 Å². The van der Waals surface area contributed by atoms with Crippen molar-refractivity contribution in [2.45, 2.75) is 25.4 Å². The van der Waals surface area contributed by atoms with Gasteiger partial charge in [-0.15, -0.1) is 23.1 Å². The second kappa shape index (κ2) is 7.15. The van der Waals surface area contributed by atoms with Gasteiger partial charge in [0.1, 0.15) is 5.03 Å². The molecule has 118 valence electrons. The zero-order chi connectivity index (χ0) is 16.2. The highest BCUT2D eigenvalue weighted by Gasteiger charge is 2.18. The summed E-state index contributed by atoms with van der Waals surface area (Å²) in [6, 6.07) is 12.0. The number of benzene rings is 1. The van der Waals surface area contributed by atoms with Crippen LogP contribution in [0.2, 0.25) is 0 Å². The van der Waals surface area contributed by atoms with E-state index in [9.17, 15) is 4.79 Å². The summed E-state index contributed by atoms with van der Waals surface area (Å²) in [5.41, 5.74) is 2.64. The lowest BCUT2D eigenvalue weighted by atomic mass is 10.0. The van der Waals surface area contributed by atoms with Gasteiger partial charge in [0.2, 0.25) is 0 Å². The summed E-state index contributed by atoms with van der Waals surface area (Å²) in [4.78, 5) is 18.6. The summed E-state index contributed by atoms with van der Waals surface area (Å²) in [5, 5.41) is 6.89. The highest BCUT2D eigenvalue weighted by Crippen LogP contribution is 2.29. The molecule has 2 aromatic heterocycles. The number of carbonyl (C=O) groups excluding carboxylic acids is 1. The lowest BCUT2D eigenvalue weighted by molar-refractivity contribution is 0.0947. The Morgan fingerprint density at radius 1 is 1.26 bits per heavy atom. The Morgan fingerprint density at radius 3 is 2.83 bits per heavy atom. The van der Waals surface area contributed by atoms with Gasteiger partial charge in [0.05, 0.1) is 17.6 Å². The molecule has 3 aromatic rings. The maximum Gasteiger partial charge on any atom is 0.254 e. The van der Waals surface area contributed by atoms with E-state index in [1.165, 1.54) is 0 Å². The van der Waals surface area contributed by atoms with Gasteiger partial charge in [-0.1, -0.05) is 31.2 Å². The second-order valence-corrected chi connectivity index (χ2v) is 7.41. The summed E-state index contributed by atoms with van der Waals surface area (Å²) >= 11 is 3.26. The number of rotatable bonds is 5. The topological polar surface area (TPSA) is 42.0 Å². The van der Waals surface area contributed by atoms with Crippen molar-refractivity contribution in [3.05, 3.63) is 57.8 Å². The van der Waals surface area contributed by atoms with Crippen molar-refractivity contribution in [2.24, 2.45) is 0 Å². The maximum absolute atomic E-state index is 12.7. The fraction of sp³-hybridized carbons (Fsp3) is 0.222. The molecule has 0 aliphatic rings. The number of nitrogens with zero attached hydrogens (tertiary/aromatic N) is 1. The molecule has 1 aromatic carbocycles. The maximum atomic E-state index is 12.7. The number of carbonyl (C=O) groups is 1. The molecular weight excluding hydrogens is 324 g/mol. The second-order valence-electron chi connectivity index (χ2n) is 5.13. The minimum absolute atomic E-state index is 0.0508. The number of aromatic nitrogens is 1. The molecule has 0 spiro atoms. The quantitative estimate of drug-likeness (QED) is 0.687. The van der Waals surface area contributed by atoms with Crippen LogP contribution in [-0.2, 0) is 6.54 Å². The predicted molar refractivity (Wildman–Crippen MR) is 98.4 cm³/mol. The number of para-hydroxylation sites is 1. The Hall–Kier alpha value is -1.85. The van der Waals surface area contributed by atoms with Crippen molar-refractivity contribution in [2.75, 3.05) is 5.75 Å². The van der Waals surface area contributed by atoms with Crippen LogP contribution in [0.5, 0.6) is 0 Å². The van der Waals surface area contributed by atoms with Gasteiger partial charge in [0.25, 0.3) is 5.91 Å². The van der Waals surface area contributed by atoms with E-state index in [4.69, 9.17) is 4.98 Å². The molecule has 5 heteroatoms. The molecule has 0 saturated carbocycles. The third-order valence-electron chi connectivity index (χ3n) is 3.63. The normalized spacial score (nSPS) is 10.9. The molecule has 0 unspecified atom stereocenters. The van der Waals surface area contributed by atoms with E-state index in [1.54, 1.807) is 23.1 Å². The molecule has 0 atom stereocenters. The van der Waals surface area contributed by atoms with E-state index in [2.05, 4.69) is 12.2 Å². The first-order chi connectivity index (χ1) is 11.2. The predicted octanol–water partition coefficient (Wildman–Crippen LogP) is 4.65. The van der Waals surface area contributed by atoms with Gasteiger partial charge in [0, 0.05) is 10.3 Å². The van der Waals surface area contributed by atoms with E-state index < -0.39 is 0 Å². The summed E-state index contributed by atoms with van der Waals surface area (Å²) < 4.78 is 0. The number of hydrogen-bond acceptors (Lipinski definition) is 4. The standard InChI is InChI=1S/C18H18N2OS2/c1-3-22-18-16(17(21)19-11-13-7-6-10-23-13)12(2)14-8-4-5-9-15(14)20-18/h4-10H,3,11H2,1-2H3,(H,19,21). The summed E-state index contributed by atoms with van der Waals surface area (Å²) in [7, 11) is 0. The van der Waals surface area contributed by atoms with Crippen LogP contribution in [0.15, 0.2) is 46.8 Å². The lowest BCUT2D eigenvalue weighted by Crippen LogP contribution is -2.24. The molecule has 3 rings (SSSR count). The Balaban J connectivity index is 1.98. The zero-order valence-electron chi connectivity index (χ0n) is 13.1. The molecule has 2 heterocycles. The molecular formula is C18H18N2OS2. The molecule has 0 fully saturated rings. The fourth-order valence-corrected chi connectivity index (χ4v) is 4.00. The molecule has 23 heavy (non-hydrogen) atoms. The van der Waals surface area contributed by atoms with Gasteiger partial charge in [-0.05, 0) is 35.8 Å². The van der Waals surface area contributed by atoms with Gasteiger partial charge in [0.15, 0.2) is 0 Å². The molecule has 0 bridgehead atoms. The molecule has 1 amide bonds. The highest BCUT2D eigenvalue weighted by atomic mass is 32.2. The SMILES string of the molecule is CCSc1nc2ccccc2c(C)c1C(=O)NCc1cccs1. The molecule has 0 aliphatic carbocycles. The van der Waals surface area contributed by atoms with E-state index >= 15 is 0 Å². The number of pyridine rings is 1. The van der Waals surface area contributed by atoms with E-state index in [1.807, 2.05) is 48.7 Å².